The third kappa shape index (κ3) is 5.72. The Hall–Kier alpha value is -4.17. The molecular formula is C25H30N8O3. The number of nitriles is 1. The number of aromatic amines is 1. The number of H-pyrrole nitrogens is 1. The summed E-state index contributed by atoms with van der Waals surface area (Å²) in [4.78, 5) is 34.3. The van der Waals surface area contributed by atoms with Crippen molar-refractivity contribution in [1.29, 1.82) is 5.26 Å². The van der Waals surface area contributed by atoms with Crippen LogP contribution in [-0.2, 0) is 22.4 Å². The molecule has 4 rings (SSSR count). The van der Waals surface area contributed by atoms with Gasteiger partial charge in [0.25, 0.3) is 5.56 Å². The molecular weight excluding hydrogens is 460 g/mol. The molecule has 3 aromatic rings. The molecule has 1 saturated heterocycles. The largest absolute Gasteiger partial charge is 0.382 e. The van der Waals surface area contributed by atoms with E-state index in [1.54, 1.807) is 11.6 Å². The second kappa shape index (κ2) is 11.5. The zero-order chi connectivity index (χ0) is 25.5. The van der Waals surface area contributed by atoms with Crippen molar-refractivity contribution in [2.75, 3.05) is 43.5 Å². The van der Waals surface area contributed by atoms with Crippen molar-refractivity contribution in [1.82, 2.24) is 25.1 Å². The van der Waals surface area contributed by atoms with Gasteiger partial charge >= 0.3 is 0 Å². The molecule has 0 aliphatic carbocycles. The van der Waals surface area contributed by atoms with Gasteiger partial charge in [-0.1, -0.05) is 18.2 Å². The van der Waals surface area contributed by atoms with Crippen molar-refractivity contribution >= 4 is 17.7 Å². The van der Waals surface area contributed by atoms with Crippen molar-refractivity contribution in [3.63, 3.8) is 0 Å². The summed E-state index contributed by atoms with van der Waals surface area (Å²) in [5.74, 6) is 0.693. The fourth-order valence-corrected chi connectivity index (χ4v) is 4.17. The summed E-state index contributed by atoms with van der Waals surface area (Å²) in [5, 5.41) is 16.9. The minimum Gasteiger partial charge on any atom is -0.382 e. The Morgan fingerprint density at radius 1 is 1.25 bits per heavy atom. The van der Waals surface area contributed by atoms with E-state index in [9.17, 15) is 14.9 Å². The maximum absolute atomic E-state index is 12.6. The first kappa shape index (κ1) is 24.9. The van der Waals surface area contributed by atoms with E-state index in [1.807, 2.05) is 35.2 Å². The van der Waals surface area contributed by atoms with Gasteiger partial charge < -0.3 is 20.7 Å². The third-order valence-corrected chi connectivity index (χ3v) is 6.14. The number of nitrogens with one attached hydrogen (secondary N) is 2. The van der Waals surface area contributed by atoms with E-state index < -0.39 is 0 Å². The third-order valence-electron chi connectivity index (χ3n) is 6.14. The van der Waals surface area contributed by atoms with Crippen molar-refractivity contribution in [2.45, 2.75) is 32.6 Å². The molecule has 4 N–H and O–H groups in total. The Morgan fingerprint density at radius 3 is 2.69 bits per heavy atom. The summed E-state index contributed by atoms with van der Waals surface area (Å²) in [6.07, 6.45) is 1.58. The number of anilines is 2. The van der Waals surface area contributed by atoms with Crippen LogP contribution in [0.2, 0.25) is 0 Å². The highest BCUT2D eigenvalue weighted by Crippen LogP contribution is 2.21. The number of benzene rings is 1. The smallest absolute Gasteiger partial charge is 0.255 e. The molecule has 11 nitrogen and oxygen atoms in total. The van der Waals surface area contributed by atoms with Crippen molar-refractivity contribution in [3.8, 4) is 11.8 Å². The highest BCUT2D eigenvalue weighted by Gasteiger charge is 2.18. The SMILES string of the molecule is Cc1nc(N2CCOCC2)[nH]c(=O)c1CCC(=O)NCCCc1nn(-c2ccccc2)c(N)c1C#N. The summed E-state index contributed by atoms with van der Waals surface area (Å²) in [6, 6.07) is 11.5. The highest BCUT2D eigenvalue weighted by atomic mass is 16.5. The van der Waals surface area contributed by atoms with Gasteiger partial charge in [0, 0.05) is 37.3 Å². The van der Waals surface area contributed by atoms with Gasteiger partial charge in [0.05, 0.1) is 24.6 Å². The first-order valence-corrected chi connectivity index (χ1v) is 12.0. The Morgan fingerprint density at radius 2 is 2.00 bits per heavy atom. The van der Waals surface area contributed by atoms with Crippen LogP contribution in [0, 0.1) is 18.3 Å². The molecule has 3 heterocycles. The zero-order valence-electron chi connectivity index (χ0n) is 20.3. The molecule has 0 bridgehead atoms. The molecule has 36 heavy (non-hydrogen) atoms. The molecule has 2 aromatic heterocycles. The quantitative estimate of drug-likeness (QED) is 0.378. The number of nitrogen functional groups attached to an aromatic ring is 1. The average molecular weight is 491 g/mol. The molecule has 1 fully saturated rings. The summed E-state index contributed by atoms with van der Waals surface area (Å²) in [5.41, 5.74) is 8.80. The lowest BCUT2D eigenvalue weighted by Crippen LogP contribution is -2.38. The molecule has 0 saturated carbocycles. The Labute approximate surface area is 208 Å². The topological polar surface area (TPSA) is 155 Å². The number of ether oxygens (including phenoxy) is 1. The van der Waals surface area contributed by atoms with Gasteiger partial charge in [-0.2, -0.15) is 10.4 Å². The Balaban J connectivity index is 1.27. The van der Waals surface area contributed by atoms with Crippen LogP contribution in [0.3, 0.4) is 0 Å². The number of hydrogen-bond donors (Lipinski definition) is 3. The van der Waals surface area contributed by atoms with Gasteiger partial charge in [0.2, 0.25) is 11.9 Å². The number of hydrogen-bond acceptors (Lipinski definition) is 8. The van der Waals surface area contributed by atoms with E-state index in [4.69, 9.17) is 10.5 Å². The molecule has 0 radical (unpaired) electrons. The van der Waals surface area contributed by atoms with Crippen LogP contribution >= 0.6 is 0 Å². The van der Waals surface area contributed by atoms with Crippen LogP contribution in [0.4, 0.5) is 11.8 Å². The number of rotatable bonds is 9. The van der Waals surface area contributed by atoms with Crippen LogP contribution in [0.5, 0.6) is 0 Å². The van der Waals surface area contributed by atoms with E-state index >= 15 is 0 Å². The monoisotopic (exact) mass is 490 g/mol. The van der Waals surface area contributed by atoms with Gasteiger partial charge in [0.15, 0.2) is 0 Å². The Bertz CT molecular complexity index is 1300. The summed E-state index contributed by atoms with van der Waals surface area (Å²) in [7, 11) is 0. The summed E-state index contributed by atoms with van der Waals surface area (Å²) < 4.78 is 6.90. The summed E-state index contributed by atoms with van der Waals surface area (Å²) >= 11 is 0. The van der Waals surface area contributed by atoms with Crippen molar-refractivity contribution < 1.29 is 9.53 Å². The molecule has 0 spiro atoms. The minimum atomic E-state index is -0.215. The standard InChI is InChI=1S/C25H30N8O3/c1-17-19(24(35)30-25(29-17)32-12-14-36-15-13-32)9-10-22(34)28-11-5-8-21-20(16-26)23(27)33(31-21)18-6-3-2-4-7-18/h2-4,6-7H,5,8-15,27H2,1H3,(H,28,34)(H,29,30,35). The molecule has 1 aromatic carbocycles. The van der Waals surface area contributed by atoms with Gasteiger partial charge in [-0.3, -0.25) is 14.6 Å². The first-order valence-electron chi connectivity index (χ1n) is 12.0. The van der Waals surface area contributed by atoms with Crippen LogP contribution < -0.4 is 21.5 Å². The lowest BCUT2D eigenvalue weighted by atomic mass is 10.1. The second-order valence-electron chi connectivity index (χ2n) is 8.57. The normalized spacial score (nSPS) is 13.4. The molecule has 0 atom stereocenters. The number of para-hydroxylation sites is 1. The predicted molar refractivity (Wildman–Crippen MR) is 135 cm³/mol. The number of aromatic nitrogens is 4. The predicted octanol–water partition coefficient (Wildman–Crippen LogP) is 1.24. The fourth-order valence-electron chi connectivity index (χ4n) is 4.17. The average Bonchev–Trinajstić information content (AvgIpc) is 3.22. The molecule has 188 valence electrons. The lowest BCUT2D eigenvalue weighted by molar-refractivity contribution is -0.121. The van der Waals surface area contributed by atoms with Crippen molar-refractivity contribution in [3.05, 3.63) is 63.2 Å². The number of aryl methyl sites for hydroxylation is 2. The fraction of sp³-hybridized carbons (Fsp3) is 0.400. The number of nitrogens with zero attached hydrogens (tertiary/aromatic N) is 5. The molecule has 0 unspecified atom stereocenters. The maximum Gasteiger partial charge on any atom is 0.255 e. The Kier molecular flexibility index (Phi) is 7.97. The van der Waals surface area contributed by atoms with Crippen LogP contribution in [0.1, 0.15) is 35.4 Å². The molecule has 1 aliphatic heterocycles. The summed E-state index contributed by atoms with van der Waals surface area (Å²) in [6.45, 7) is 4.78. The zero-order valence-corrected chi connectivity index (χ0v) is 20.3. The van der Waals surface area contributed by atoms with Gasteiger partial charge in [0.1, 0.15) is 17.5 Å². The lowest BCUT2D eigenvalue weighted by Gasteiger charge is -2.27. The number of amides is 1. The van der Waals surface area contributed by atoms with Crippen LogP contribution in [0.25, 0.3) is 5.69 Å². The minimum absolute atomic E-state index is 0.152. The van der Waals surface area contributed by atoms with Crippen molar-refractivity contribution in [2.24, 2.45) is 0 Å². The first-order chi connectivity index (χ1) is 17.5. The van der Waals surface area contributed by atoms with E-state index in [1.165, 1.54) is 0 Å². The van der Waals surface area contributed by atoms with Gasteiger partial charge in [-0.25, -0.2) is 9.67 Å². The van der Waals surface area contributed by atoms with Crippen LogP contribution in [0.15, 0.2) is 35.1 Å². The number of morpholine rings is 1. The number of nitrogens with two attached hydrogens (primary N) is 1. The highest BCUT2D eigenvalue weighted by molar-refractivity contribution is 5.76. The molecule has 11 heteroatoms. The number of carbonyl (C=O) groups excluding carboxylic acids is 1. The van der Waals surface area contributed by atoms with E-state index in [0.717, 1.165) is 5.69 Å². The number of carbonyl (C=O) groups is 1. The second-order valence-corrected chi connectivity index (χ2v) is 8.57. The van der Waals surface area contributed by atoms with E-state index in [2.05, 4.69) is 26.5 Å². The van der Waals surface area contributed by atoms with Crippen LogP contribution in [-0.4, -0.2) is 58.5 Å². The van der Waals surface area contributed by atoms with Gasteiger partial charge in [-0.05, 0) is 38.3 Å². The van der Waals surface area contributed by atoms with Gasteiger partial charge in [-0.15, -0.1) is 0 Å². The molecule has 1 aliphatic rings. The maximum atomic E-state index is 12.6. The molecule has 1 amide bonds. The van der Waals surface area contributed by atoms with E-state index in [-0.39, 0.29) is 17.9 Å². The van der Waals surface area contributed by atoms with E-state index in [0.29, 0.717) is 86.4 Å².